The zero-order valence-corrected chi connectivity index (χ0v) is 4.55. The molecule has 8 heavy (non-hydrogen) atoms. The Kier molecular flexibility index (Phi) is 2.88. The molecule has 0 fully saturated rings. The van der Waals surface area contributed by atoms with Crippen LogP contribution in [0.25, 0.3) is 0 Å². The number of rotatable bonds is 3. The molecule has 0 saturated heterocycles. The van der Waals surface area contributed by atoms with Crippen molar-refractivity contribution in [1.82, 2.24) is 0 Å². The molecule has 3 heteroatoms. The number of methoxy groups -OCH3 is 1. The highest BCUT2D eigenvalue weighted by Crippen LogP contribution is 1.99. The van der Waals surface area contributed by atoms with Gasteiger partial charge in [0.1, 0.15) is 0 Å². The van der Waals surface area contributed by atoms with Crippen molar-refractivity contribution in [2.75, 3.05) is 7.11 Å². The zero-order chi connectivity index (χ0) is 6.57. The van der Waals surface area contributed by atoms with Gasteiger partial charge in [-0.1, -0.05) is 6.58 Å². The normalized spacial score (nSPS) is 9.25. The summed E-state index contributed by atoms with van der Waals surface area (Å²) in [5, 5.41) is 8.14. The maximum absolute atomic E-state index is 9.93. The second-order valence-electron chi connectivity index (χ2n) is 1.08. The van der Waals surface area contributed by atoms with Crippen LogP contribution in [0.1, 0.15) is 0 Å². The molecule has 0 bridgehead atoms. The number of ether oxygens (including phenoxy) is 1. The van der Waals surface area contributed by atoms with Crippen LogP contribution in [0, 0.1) is 6.10 Å². The second-order valence-corrected chi connectivity index (χ2v) is 1.08. The Balaban J connectivity index is 3.69. The fraction of sp³-hybridized carbons (Fsp3) is 0.200. The van der Waals surface area contributed by atoms with Crippen molar-refractivity contribution < 1.29 is 14.6 Å². The summed E-state index contributed by atoms with van der Waals surface area (Å²) in [4.78, 5) is 9.93. The van der Waals surface area contributed by atoms with Gasteiger partial charge in [-0.05, 0) is 6.08 Å². The molecule has 0 saturated carbocycles. The molecule has 0 amide bonds. The summed E-state index contributed by atoms with van der Waals surface area (Å²) in [7, 11) is 1.28. The summed E-state index contributed by atoms with van der Waals surface area (Å²) in [5.74, 6) is -1.09. The van der Waals surface area contributed by atoms with Crippen molar-refractivity contribution in [3.05, 3.63) is 18.8 Å². The molecule has 45 valence electrons. The Morgan fingerprint density at radius 2 is 2.38 bits per heavy atom. The van der Waals surface area contributed by atoms with E-state index >= 15 is 0 Å². The van der Waals surface area contributed by atoms with Gasteiger partial charge >= 0.3 is 5.97 Å². The molecular weight excluding hydrogens is 108 g/mol. The topological polar surface area (TPSA) is 46.5 Å². The molecule has 0 heterocycles. The lowest BCUT2D eigenvalue weighted by atomic mass is 10.4. The van der Waals surface area contributed by atoms with Gasteiger partial charge < -0.3 is 9.84 Å². The van der Waals surface area contributed by atoms with Crippen LogP contribution in [-0.4, -0.2) is 18.2 Å². The molecule has 0 aromatic carbocycles. The van der Waals surface area contributed by atoms with Gasteiger partial charge in [-0.3, -0.25) is 0 Å². The van der Waals surface area contributed by atoms with Crippen LogP contribution >= 0.6 is 0 Å². The molecule has 3 nitrogen and oxygen atoms in total. The van der Waals surface area contributed by atoms with Crippen LogP contribution < -0.4 is 0 Å². The lowest BCUT2D eigenvalue weighted by Gasteiger charge is -1.98. The lowest BCUT2D eigenvalue weighted by Crippen LogP contribution is -2.09. The van der Waals surface area contributed by atoms with Crippen LogP contribution in [0.3, 0.4) is 0 Å². The van der Waals surface area contributed by atoms with E-state index in [1.807, 2.05) is 0 Å². The predicted molar refractivity (Wildman–Crippen MR) is 28.1 cm³/mol. The highest BCUT2D eigenvalue weighted by Gasteiger charge is 2.11. The fourth-order valence-electron chi connectivity index (χ4n) is 0.258. The maximum Gasteiger partial charge on any atom is 0.344 e. The Hall–Kier alpha value is -0.830. The van der Waals surface area contributed by atoms with Gasteiger partial charge in [0.05, 0.1) is 0 Å². The SMILES string of the molecule is C=C[C](OC)C(=O)O. The van der Waals surface area contributed by atoms with E-state index in [0.29, 0.717) is 0 Å². The van der Waals surface area contributed by atoms with Crippen molar-refractivity contribution in [2.45, 2.75) is 0 Å². The highest BCUT2D eigenvalue weighted by atomic mass is 16.5. The zero-order valence-electron chi connectivity index (χ0n) is 4.55. The average molecular weight is 115 g/mol. The van der Waals surface area contributed by atoms with Gasteiger partial charge in [-0.25, -0.2) is 4.79 Å². The molecule has 0 atom stereocenters. The third-order valence-electron chi connectivity index (χ3n) is 0.616. The molecule has 0 aromatic heterocycles. The minimum absolute atomic E-state index is 0.134. The monoisotopic (exact) mass is 115 g/mol. The number of hydrogen-bond acceptors (Lipinski definition) is 2. The van der Waals surface area contributed by atoms with E-state index in [9.17, 15) is 4.79 Å². The van der Waals surface area contributed by atoms with Gasteiger partial charge in [-0.2, -0.15) is 0 Å². The molecular formula is C5H7O3. The number of carboxylic acids is 1. The molecule has 0 aliphatic rings. The van der Waals surface area contributed by atoms with Crippen LogP contribution in [0.5, 0.6) is 0 Å². The first-order chi connectivity index (χ1) is 3.72. The first kappa shape index (κ1) is 7.17. The van der Waals surface area contributed by atoms with E-state index in [0.717, 1.165) is 6.08 Å². The minimum Gasteiger partial charge on any atom is -0.479 e. The quantitative estimate of drug-likeness (QED) is 0.580. The molecule has 0 spiro atoms. The van der Waals surface area contributed by atoms with Crippen LogP contribution in [0.2, 0.25) is 0 Å². The highest BCUT2D eigenvalue weighted by molar-refractivity contribution is 5.83. The van der Waals surface area contributed by atoms with Crippen molar-refractivity contribution in [3.63, 3.8) is 0 Å². The summed E-state index contributed by atoms with van der Waals surface area (Å²) >= 11 is 0. The predicted octanol–water partition coefficient (Wildman–Crippen LogP) is 0.435. The van der Waals surface area contributed by atoms with Gasteiger partial charge in [0, 0.05) is 7.11 Å². The number of hydrogen-bond donors (Lipinski definition) is 1. The van der Waals surface area contributed by atoms with E-state index in [1.165, 1.54) is 7.11 Å². The van der Waals surface area contributed by atoms with Crippen LogP contribution in [0.15, 0.2) is 12.7 Å². The number of aliphatic carboxylic acids is 1. The summed E-state index contributed by atoms with van der Waals surface area (Å²) in [5.41, 5.74) is 0. The largest absolute Gasteiger partial charge is 0.479 e. The Labute approximate surface area is 47.6 Å². The van der Waals surface area contributed by atoms with E-state index < -0.39 is 5.97 Å². The van der Waals surface area contributed by atoms with Gasteiger partial charge in [0.25, 0.3) is 0 Å². The Morgan fingerprint density at radius 1 is 1.88 bits per heavy atom. The fourth-order valence-corrected chi connectivity index (χ4v) is 0.258. The molecule has 0 aromatic rings. The Morgan fingerprint density at radius 3 is 2.38 bits per heavy atom. The van der Waals surface area contributed by atoms with Crippen molar-refractivity contribution in [3.8, 4) is 0 Å². The first-order valence-electron chi connectivity index (χ1n) is 1.99. The number of carboxylic acid groups (broad SMARTS) is 1. The van der Waals surface area contributed by atoms with E-state index in [2.05, 4.69) is 11.3 Å². The van der Waals surface area contributed by atoms with Gasteiger partial charge in [-0.15, -0.1) is 0 Å². The maximum atomic E-state index is 9.93. The Bertz CT molecular complexity index is 97.8. The molecule has 1 radical (unpaired) electrons. The number of carbonyl (C=O) groups is 1. The second kappa shape index (κ2) is 3.21. The third-order valence-corrected chi connectivity index (χ3v) is 0.616. The van der Waals surface area contributed by atoms with Crippen molar-refractivity contribution >= 4 is 5.97 Å². The van der Waals surface area contributed by atoms with Gasteiger partial charge in [0.2, 0.25) is 6.10 Å². The molecule has 1 N–H and O–H groups in total. The van der Waals surface area contributed by atoms with Crippen molar-refractivity contribution in [2.24, 2.45) is 0 Å². The summed E-state index contributed by atoms with van der Waals surface area (Å²) in [6, 6.07) is 0. The minimum atomic E-state index is -1.09. The van der Waals surface area contributed by atoms with E-state index in [4.69, 9.17) is 5.11 Å². The van der Waals surface area contributed by atoms with Gasteiger partial charge in [0.15, 0.2) is 0 Å². The van der Waals surface area contributed by atoms with Crippen LogP contribution in [0.4, 0.5) is 0 Å². The lowest BCUT2D eigenvalue weighted by molar-refractivity contribution is -0.139. The average Bonchev–Trinajstić information content (AvgIpc) is 1.69. The third kappa shape index (κ3) is 1.75. The first-order valence-corrected chi connectivity index (χ1v) is 1.99. The molecule has 0 unspecified atom stereocenters. The molecule has 0 rings (SSSR count). The summed E-state index contributed by atoms with van der Waals surface area (Å²) < 4.78 is 4.36. The van der Waals surface area contributed by atoms with Crippen LogP contribution in [-0.2, 0) is 9.53 Å². The standard InChI is InChI=1S/C5H7O3/c1-3-4(8-2)5(6)7/h3H,1H2,2H3,(H,6,7). The summed E-state index contributed by atoms with van der Waals surface area (Å²) in [6.45, 7) is 3.21. The summed E-state index contributed by atoms with van der Waals surface area (Å²) in [6.07, 6.45) is 1.01. The molecule has 0 aliphatic carbocycles. The smallest absolute Gasteiger partial charge is 0.344 e. The van der Waals surface area contributed by atoms with E-state index in [1.54, 1.807) is 0 Å². The van der Waals surface area contributed by atoms with Crippen molar-refractivity contribution in [1.29, 1.82) is 0 Å². The molecule has 0 aliphatic heterocycles. The van der Waals surface area contributed by atoms with E-state index in [-0.39, 0.29) is 6.10 Å².